The molecular formula is C63H41N3O6. The van der Waals surface area contributed by atoms with Crippen molar-refractivity contribution in [2.45, 2.75) is 6.10 Å². The van der Waals surface area contributed by atoms with Gasteiger partial charge in [0.15, 0.2) is 46.1 Å². The number of benzene rings is 10. The number of aliphatic hydroxyl groups is 1. The summed E-state index contributed by atoms with van der Waals surface area (Å²) in [6, 6.07) is 74.6. The molecule has 0 aliphatic carbocycles. The summed E-state index contributed by atoms with van der Waals surface area (Å²) in [4.78, 5) is 35.8. The monoisotopic (exact) mass is 935 g/mol. The number of ketones is 2. The Labute approximate surface area is 415 Å². The molecule has 3 aliphatic heterocycles. The highest BCUT2D eigenvalue weighted by atomic mass is 16.5. The van der Waals surface area contributed by atoms with Crippen LogP contribution in [0.2, 0.25) is 0 Å². The van der Waals surface area contributed by atoms with Crippen LogP contribution >= 0.6 is 0 Å². The van der Waals surface area contributed by atoms with E-state index < -0.39 is 6.10 Å². The number of nitrogens with zero attached hydrogens (tertiary/aromatic N) is 3. The molecule has 9 heteroatoms. The van der Waals surface area contributed by atoms with Gasteiger partial charge in [-0.15, -0.1) is 0 Å². The van der Waals surface area contributed by atoms with E-state index in [1.54, 1.807) is 42.5 Å². The number of hydrogen-bond donors (Lipinski definition) is 1. The van der Waals surface area contributed by atoms with E-state index in [1.165, 1.54) is 0 Å². The van der Waals surface area contributed by atoms with Gasteiger partial charge in [0.2, 0.25) is 0 Å². The van der Waals surface area contributed by atoms with Crippen molar-refractivity contribution in [2.75, 3.05) is 14.7 Å². The maximum Gasteiger partial charge on any atom is 0.193 e. The minimum Gasteiger partial charge on any atom is -0.453 e. The molecule has 344 valence electrons. The number of hydrogen-bond acceptors (Lipinski definition) is 9. The van der Waals surface area contributed by atoms with Gasteiger partial charge in [0.05, 0.1) is 34.1 Å². The molecular weight excluding hydrogens is 895 g/mol. The molecule has 1 unspecified atom stereocenters. The van der Waals surface area contributed by atoms with E-state index in [0.717, 1.165) is 85.7 Å². The van der Waals surface area contributed by atoms with Crippen molar-refractivity contribution in [1.29, 1.82) is 0 Å². The number of fused-ring (bicyclic) bond motifs is 6. The number of carbonyl (C=O) groups is 2. The van der Waals surface area contributed by atoms with E-state index in [-0.39, 0.29) is 22.7 Å². The molecule has 0 aromatic heterocycles. The van der Waals surface area contributed by atoms with Gasteiger partial charge >= 0.3 is 0 Å². The maximum absolute atomic E-state index is 14.7. The third kappa shape index (κ3) is 7.31. The van der Waals surface area contributed by atoms with Gasteiger partial charge in [-0.2, -0.15) is 0 Å². The van der Waals surface area contributed by atoms with Gasteiger partial charge in [0.25, 0.3) is 0 Å². The highest BCUT2D eigenvalue weighted by Gasteiger charge is 2.29. The Morgan fingerprint density at radius 3 is 0.861 bits per heavy atom. The van der Waals surface area contributed by atoms with Crippen LogP contribution in [0.15, 0.2) is 237 Å². The third-order valence-electron chi connectivity index (χ3n) is 13.3. The third-order valence-corrected chi connectivity index (χ3v) is 13.3. The molecule has 0 saturated carbocycles. The zero-order chi connectivity index (χ0) is 48.3. The van der Waals surface area contributed by atoms with Crippen molar-refractivity contribution in [2.24, 2.45) is 0 Å². The lowest BCUT2D eigenvalue weighted by atomic mass is 9.91. The fourth-order valence-corrected chi connectivity index (χ4v) is 9.88. The van der Waals surface area contributed by atoms with Crippen molar-refractivity contribution in [3.05, 3.63) is 270 Å². The minimum absolute atomic E-state index is 0.265. The van der Waals surface area contributed by atoms with Crippen molar-refractivity contribution in [1.82, 2.24) is 0 Å². The molecule has 0 amide bonds. The molecule has 3 heterocycles. The Balaban J connectivity index is 0.855. The molecule has 0 saturated heterocycles. The molecule has 3 aliphatic rings. The first kappa shape index (κ1) is 42.4. The lowest BCUT2D eigenvalue weighted by Crippen LogP contribution is -2.16. The number of anilines is 9. The summed E-state index contributed by atoms with van der Waals surface area (Å²) in [5, 5.41) is 12.3. The predicted octanol–water partition coefficient (Wildman–Crippen LogP) is 16.0. The smallest absolute Gasteiger partial charge is 0.193 e. The summed E-state index contributed by atoms with van der Waals surface area (Å²) >= 11 is 0. The fraction of sp³-hybridized carbons (Fsp3) is 0.0159. The summed E-state index contributed by atoms with van der Waals surface area (Å²) in [5.41, 5.74) is 10.2. The normalized spacial score (nSPS) is 13.1. The van der Waals surface area contributed by atoms with E-state index >= 15 is 0 Å². The minimum atomic E-state index is -1.18. The highest BCUT2D eigenvalue weighted by molar-refractivity contribution is 6.14. The van der Waals surface area contributed by atoms with E-state index in [1.807, 2.05) is 194 Å². The van der Waals surface area contributed by atoms with Crippen molar-refractivity contribution in [3.8, 4) is 34.5 Å². The first-order chi connectivity index (χ1) is 35.4. The van der Waals surface area contributed by atoms with Crippen molar-refractivity contribution in [3.63, 3.8) is 0 Å². The second-order valence-electron chi connectivity index (χ2n) is 17.7. The average Bonchev–Trinajstić information content (AvgIpc) is 3.44. The van der Waals surface area contributed by atoms with Gasteiger partial charge in [-0.25, -0.2) is 0 Å². The summed E-state index contributed by atoms with van der Waals surface area (Å²) in [6.07, 6.45) is -1.18. The highest BCUT2D eigenvalue weighted by Crippen LogP contribution is 2.53. The van der Waals surface area contributed by atoms with Gasteiger partial charge in [-0.1, -0.05) is 84.9 Å². The number of rotatable bonds is 9. The van der Waals surface area contributed by atoms with Crippen molar-refractivity contribution < 1.29 is 28.9 Å². The second kappa shape index (κ2) is 17.4. The second-order valence-corrected chi connectivity index (χ2v) is 17.7. The molecule has 0 fully saturated rings. The fourth-order valence-electron chi connectivity index (χ4n) is 9.88. The summed E-state index contributed by atoms with van der Waals surface area (Å²) in [6.45, 7) is 0. The zero-order valence-electron chi connectivity index (χ0n) is 38.4. The van der Waals surface area contributed by atoms with Crippen LogP contribution in [0.4, 0.5) is 51.2 Å². The lowest BCUT2D eigenvalue weighted by molar-refractivity contribution is 0.103. The van der Waals surface area contributed by atoms with Crippen LogP contribution in [0.1, 0.15) is 49.1 Å². The summed E-state index contributed by atoms with van der Waals surface area (Å²) < 4.78 is 18.7. The van der Waals surface area contributed by atoms with Crippen LogP contribution in [0.5, 0.6) is 34.5 Å². The van der Waals surface area contributed by atoms with Gasteiger partial charge < -0.3 is 34.0 Å². The molecule has 10 aromatic carbocycles. The summed E-state index contributed by atoms with van der Waals surface area (Å²) in [7, 11) is 0. The molecule has 1 atom stereocenters. The molecule has 13 rings (SSSR count). The van der Waals surface area contributed by atoms with Crippen LogP contribution in [0.3, 0.4) is 0 Å². The molecule has 0 radical (unpaired) electrons. The molecule has 72 heavy (non-hydrogen) atoms. The number of aliphatic hydroxyl groups excluding tert-OH is 1. The SMILES string of the molecule is O=C(c1ccc(N2c3ccccc3Oc3ccccc32)cc1)c1cc(C(=O)c2ccc(N3c4ccccc4Oc4ccccc43)cc2)cc(C(O)c2ccc(N3c4ccccc4Oc4ccccc43)cc2)c1. The van der Waals surface area contributed by atoms with Crippen LogP contribution in [0, 0.1) is 0 Å². The first-order valence-electron chi connectivity index (χ1n) is 23.6. The summed E-state index contributed by atoms with van der Waals surface area (Å²) in [5.74, 6) is 3.76. The Hall–Kier alpha value is -9.70. The average molecular weight is 936 g/mol. The Morgan fingerprint density at radius 1 is 0.306 bits per heavy atom. The van der Waals surface area contributed by atoms with E-state index in [2.05, 4.69) is 14.7 Å². The zero-order valence-corrected chi connectivity index (χ0v) is 38.4. The first-order valence-corrected chi connectivity index (χ1v) is 23.6. The van der Waals surface area contributed by atoms with E-state index in [9.17, 15) is 14.7 Å². The van der Waals surface area contributed by atoms with Gasteiger partial charge in [-0.3, -0.25) is 9.59 Å². The number of para-hydroxylation sites is 12. The Morgan fingerprint density at radius 2 is 0.569 bits per heavy atom. The molecule has 0 spiro atoms. The van der Waals surface area contributed by atoms with E-state index in [0.29, 0.717) is 22.3 Å². The number of carbonyl (C=O) groups excluding carboxylic acids is 2. The maximum atomic E-state index is 14.7. The quantitative estimate of drug-likeness (QED) is 0.142. The van der Waals surface area contributed by atoms with Gasteiger partial charge in [0, 0.05) is 39.3 Å². The Bertz CT molecular complexity index is 3450. The molecule has 0 bridgehead atoms. The van der Waals surface area contributed by atoms with Gasteiger partial charge in [-0.05, 0) is 163 Å². The van der Waals surface area contributed by atoms with Crippen LogP contribution < -0.4 is 28.9 Å². The molecule has 10 aromatic rings. The molecule has 9 nitrogen and oxygen atoms in total. The van der Waals surface area contributed by atoms with Gasteiger partial charge in [0.1, 0.15) is 6.10 Å². The van der Waals surface area contributed by atoms with Crippen LogP contribution in [0.25, 0.3) is 0 Å². The predicted molar refractivity (Wildman–Crippen MR) is 281 cm³/mol. The van der Waals surface area contributed by atoms with Crippen molar-refractivity contribution >= 4 is 62.8 Å². The lowest BCUT2D eigenvalue weighted by Gasteiger charge is -2.32. The largest absolute Gasteiger partial charge is 0.453 e. The topological polar surface area (TPSA) is 91.8 Å². The van der Waals surface area contributed by atoms with E-state index in [4.69, 9.17) is 14.2 Å². The standard InChI is InChI=1S/C63H41N3O6/c67-61(40-25-31-46(32-26-40)64-49-13-1-7-19-55(49)70-56-20-8-2-14-50(56)64)43-37-44(62(68)41-27-33-47(34-28-41)65-51-15-3-9-21-57(51)71-58-22-10-4-16-52(58)65)39-45(38-43)63(69)42-29-35-48(36-30-42)66-53-17-5-11-23-59(53)72-60-24-12-6-18-54(60)66/h1-39,61,67H. The van der Waals surface area contributed by atoms with Crippen LogP contribution in [-0.2, 0) is 0 Å². The Kier molecular flexibility index (Phi) is 10.2. The van der Waals surface area contributed by atoms with Crippen LogP contribution in [-0.4, -0.2) is 16.7 Å². The molecule has 1 N–H and O–H groups in total. The number of ether oxygens (including phenoxy) is 3.